The summed E-state index contributed by atoms with van der Waals surface area (Å²) in [5, 5.41) is 8.76. The van der Waals surface area contributed by atoms with Crippen LogP contribution in [0.1, 0.15) is 0 Å². The van der Waals surface area contributed by atoms with Gasteiger partial charge in [-0.1, -0.05) is 24.3 Å². The molecule has 0 aromatic carbocycles. The first-order valence-electron chi connectivity index (χ1n) is 2.63. The van der Waals surface area contributed by atoms with E-state index in [2.05, 4.69) is 6.58 Å². The van der Waals surface area contributed by atoms with Gasteiger partial charge in [0, 0.05) is 0 Å². The minimum absolute atomic E-state index is 0.0988. The lowest BCUT2D eigenvalue weighted by Gasteiger charge is -1.94. The summed E-state index contributed by atoms with van der Waals surface area (Å²) in [4.78, 5) is 10.4. The number of hydrogen-bond donors (Lipinski definition) is 1. The highest BCUT2D eigenvalue weighted by Crippen LogP contribution is 2.25. The molecule has 1 N–H and O–H groups in total. The van der Waals surface area contributed by atoms with E-state index in [1.807, 2.05) is 0 Å². The van der Waals surface area contributed by atoms with E-state index in [1.165, 1.54) is 6.08 Å². The molecule has 0 aromatic rings. The van der Waals surface area contributed by atoms with Gasteiger partial charge in [0.1, 0.15) is 0 Å². The van der Waals surface area contributed by atoms with E-state index in [1.54, 1.807) is 6.08 Å². The Bertz CT molecular complexity index is 261. The molecular formula is C7H5ClO2. The molecule has 1 aliphatic carbocycles. The van der Waals surface area contributed by atoms with Crippen molar-refractivity contribution in [2.45, 2.75) is 0 Å². The van der Waals surface area contributed by atoms with Crippen LogP contribution >= 0.6 is 11.6 Å². The molecule has 0 amide bonds. The van der Waals surface area contributed by atoms with Gasteiger partial charge in [0.15, 0.2) is 0 Å². The van der Waals surface area contributed by atoms with Crippen molar-refractivity contribution in [3.63, 3.8) is 0 Å². The molecule has 1 aliphatic rings. The van der Waals surface area contributed by atoms with Gasteiger partial charge in [-0.05, 0) is 11.6 Å². The lowest BCUT2D eigenvalue weighted by molar-refractivity contribution is -0.132. The third kappa shape index (κ3) is 0.977. The number of halogens is 1. The Morgan fingerprint density at radius 3 is 2.40 bits per heavy atom. The van der Waals surface area contributed by atoms with E-state index < -0.39 is 5.97 Å². The van der Waals surface area contributed by atoms with Gasteiger partial charge >= 0.3 is 5.97 Å². The molecule has 0 atom stereocenters. The van der Waals surface area contributed by atoms with Crippen LogP contribution in [-0.4, -0.2) is 11.1 Å². The molecular weight excluding hydrogens is 152 g/mol. The topological polar surface area (TPSA) is 37.3 Å². The van der Waals surface area contributed by atoms with Crippen molar-refractivity contribution in [3.8, 4) is 0 Å². The zero-order valence-corrected chi connectivity index (χ0v) is 5.85. The average Bonchev–Trinajstić information content (AvgIpc) is 2.11. The fraction of sp³-hybridized carbons (Fsp3) is 0. The number of carbonyl (C=O) groups is 1. The summed E-state index contributed by atoms with van der Waals surface area (Å²) in [5.74, 6) is -1.03. The largest absolute Gasteiger partial charge is 0.478 e. The number of aliphatic carboxylic acids is 1. The minimum Gasteiger partial charge on any atom is -0.478 e. The summed E-state index contributed by atoms with van der Waals surface area (Å²) in [6.07, 6.45) is 3.10. The lowest BCUT2D eigenvalue weighted by Crippen LogP contribution is -2.00. The first-order valence-corrected chi connectivity index (χ1v) is 3.01. The number of carboxylic acid groups (broad SMARTS) is 1. The Hall–Kier alpha value is -1.02. The number of carboxylic acids is 1. The monoisotopic (exact) mass is 156 g/mol. The Morgan fingerprint density at radius 2 is 2.20 bits per heavy atom. The second-order valence-electron chi connectivity index (χ2n) is 1.89. The Balaban J connectivity index is 3.08. The van der Waals surface area contributed by atoms with Gasteiger partial charge in [-0.15, -0.1) is 0 Å². The van der Waals surface area contributed by atoms with Crippen molar-refractivity contribution >= 4 is 17.6 Å². The van der Waals surface area contributed by atoms with Gasteiger partial charge < -0.3 is 5.11 Å². The smallest absolute Gasteiger partial charge is 0.337 e. The molecule has 0 radical (unpaired) electrons. The van der Waals surface area contributed by atoms with Crippen LogP contribution in [0, 0.1) is 0 Å². The Labute approximate surface area is 63.1 Å². The SMILES string of the molecule is C=C1C=CC(Cl)=C1C(=O)O. The van der Waals surface area contributed by atoms with E-state index in [0.29, 0.717) is 5.57 Å². The normalized spacial score (nSPS) is 16.7. The third-order valence-corrected chi connectivity index (χ3v) is 1.52. The van der Waals surface area contributed by atoms with Crippen LogP contribution in [0.4, 0.5) is 0 Å². The fourth-order valence-electron chi connectivity index (χ4n) is 0.733. The van der Waals surface area contributed by atoms with Crippen molar-refractivity contribution < 1.29 is 9.90 Å². The van der Waals surface area contributed by atoms with Crippen LogP contribution in [-0.2, 0) is 4.79 Å². The zero-order valence-electron chi connectivity index (χ0n) is 5.10. The molecule has 1 rings (SSSR count). The van der Waals surface area contributed by atoms with Crippen LogP contribution in [0.3, 0.4) is 0 Å². The van der Waals surface area contributed by atoms with Gasteiger partial charge in [-0.25, -0.2) is 4.79 Å². The molecule has 0 saturated carbocycles. The highest BCUT2D eigenvalue weighted by molar-refractivity contribution is 6.34. The molecule has 0 spiro atoms. The summed E-state index contributed by atoms with van der Waals surface area (Å²) in [6, 6.07) is 0. The first-order chi connectivity index (χ1) is 4.63. The van der Waals surface area contributed by atoms with Gasteiger partial charge in [0.05, 0.1) is 10.6 Å². The van der Waals surface area contributed by atoms with Crippen molar-refractivity contribution in [2.24, 2.45) is 0 Å². The highest BCUT2D eigenvalue weighted by Gasteiger charge is 2.17. The lowest BCUT2D eigenvalue weighted by atomic mass is 10.2. The molecule has 0 saturated heterocycles. The molecule has 0 bridgehead atoms. The minimum atomic E-state index is -1.03. The fourth-order valence-corrected chi connectivity index (χ4v) is 0.999. The van der Waals surface area contributed by atoms with Crippen LogP contribution in [0.25, 0.3) is 0 Å². The number of hydrogen-bond acceptors (Lipinski definition) is 1. The first kappa shape index (κ1) is 7.09. The predicted molar refractivity (Wildman–Crippen MR) is 38.8 cm³/mol. The van der Waals surface area contributed by atoms with Crippen LogP contribution in [0.5, 0.6) is 0 Å². The molecule has 3 heteroatoms. The van der Waals surface area contributed by atoms with Crippen LogP contribution in [0.15, 0.2) is 34.9 Å². The maximum atomic E-state index is 10.4. The molecule has 0 fully saturated rings. The van der Waals surface area contributed by atoms with Crippen molar-refractivity contribution in [1.82, 2.24) is 0 Å². The summed E-state index contributed by atoms with van der Waals surface area (Å²) >= 11 is 5.52. The average molecular weight is 157 g/mol. The Kier molecular flexibility index (Phi) is 1.64. The summed E-state index contributed by atoms with van der Waals surface area (Å²) < 4.78 is 0. The van der Waals surface area contributed by atoms with Gasteiger partial charge in [0.2, 0.25) is 0 Å². The van der Waals surface area contributed by atoms with Gasteiger partial charge in [0.25, 0.3) is 0 Å². The number of rotatable bonds is 1. The predicted octanol–water partition coefficient (Wildman–Crippen LogP) is 1.69. The van der Waals surface area contributed by atoms with Crippen molar-refractivity contribution in [2.75, 3.05) is 0 Å². The zero-order chi connectivity index (χ0) is 7.72. The molecule has 0 heterocycles. The number of allylic oxidation sites excluding steroid dienone is 3. The second kappa shape index (κ2) is 2.31. The second-order valence-corrected chi connectivity index (χ2v) is 2.29. The summed E-state index contributed by atoms with van der Waals surface area (Å²) in [5.41, 5.74) is 0.555. The molecule has 0 aliphatic heterocycles. The maximum absolute atomic E-state index is 10.4. The summed E-state index contributed by atoms with van der Waals surface area (Å²) in [7, 11) is 0. The van der Waals surface area contributed by atoms with Crippen LogP contribution < -0.4 is 0 Å². The molecule has 0 aromatic heterocycles. The third-order valence-electron chi connectivity index (χ3n) is 1.20. The van der Waals surface area contributed by atoms with Gasteiger partial charge in [-0.3, -0.25) is 0 Å². The highest BCUT2D eigenvalue weighted by atomic mass is 35.5. The quantitative estimate of drug-likeness (QED) is 0.627. The molecule has 10 heavy (non-hydrogen) atoms. The van der Waals surface area contributed by atoms with E-state index in [9.17, 15) is 4.79 Å². The van der Waals surface area contributed by atoms with E-state index >= 15 is 0 Å². The molecule has 2 nitrogen and oxygen atoms in total. The standard InChI is InChI=1S/C7H5ClO2/c1-4-2-3-5(8)6(4)7(9)10/h2-3H,1H2,(H,9,10). The van der Waals surface area contributed by atoms with E-state index in [4.69, 9.17) is 16.7 Å². The van der Waals surface area contributed by atoms with Gasteiger partial charge in [-0.2, -0.15) is 0 Å². The van der Waals surface area contributed by atoms with Crippen molar-refractivity contribution in [3.05, 3.63) is 34.9 Å². The Morgan fingerprint density at radius 1 is 1.60 bits per heavy atom. The summed E-state index contributed by atoms with van der Waals surface area (Å²) in [6.45, 7) is 3.50. The maximum Gasteiger partial charge on any atom is 0.337 e. The van der Waals surface area contributed by atoms with E-state index in [0.717, 1.165) is 0 Å². The van der Waals surface area contributed by atoms with E-state index in [-0.39, 0.29) is 10.6 Å². The molecule has 52 valence electrons. The van der Waals surface area contributed by atoms with Crippen molar-refractivity contribution in [1.29, 1.82) is 0 Å². The van der Waals surface area contributed by atoms with Crippen LogP contribution in [0.2, 0.25) is 0 Å². The molecule has 0 unspecified atom stereocenters.